The number of hydrogen-bond acceptors (Lipinski definition) is 4. The highest BCUT2D eigenvalue weighted by Crippen LogP contribution is 2.41. The van der Waals surface area contributed by atoms with Gasteiger partial charge in [0.15, 0.2) is 0 Å². The first-order valence-corrected chi connectivity index (χ1v) is 7.67. The first-order valence-electron chi connectivity index (χ1n) is 7.67. The quantitative estimate of drug-likeness (QED) is 0.858. The van der Waals surface area contributed by atoms with E-state index < -0.39 is 0 Å². The lowest BCUT2D eigenvalue weighted by Gasteiger charge is -2.31. The van der Waals surface area contributed by atoms with Gasteiger partial charge in [-0.3, -0.25) is 9.88 Å². The molecule has 104 valence electrons. The van der Waals surface area contributed by atoms with Gasteiger partial charge in [0.25, 0.3) is 0 Å². The normalized spacial score (nSPS) is 21.4. The Bertz CT molecular complexity index is 615. The van der Waals surface area contributed by atoms with Crippen LogP contribution in [0.25, 0.3) is 10.9 Å². The molecule has 2 fully saturated rings. The monoisotopic (exact) mass is 268 g/mol. The standard InChI is InChI=1S/C16H20N4/c1-5-16(6-2-10-20(16)9-1)7-3-15-18-12-13-11-17-8-4-14(13)19-15/h4,8,11-12H,1-3,5-7,9-10H2. The predicted molar refractivity (Wildman–Crippen MR) is 78.4 cm³/mol. The number of aryl methyl sites for hydroxylation is 1. The maximum atomic E-state index is 4.68. The smallest absolute Gasteiger partial charge is 0.129 e. The van der Waals surface area contributed by atoms with Crippen molar-refractivity contribution in [2.75, 3.05) is 13.1 Å². The van der Waals surface area contributed by atoms with Crippen LogP contribution >= 0.6 is 0 Å². The molecule has 2 aromatic heterocycles. The molecule has 2 saturated heterocycles. The van der Waals surface area contributed by atoms with Gasteiger partial charge in [0.1, 0.15) is 5.82 Å². The molecule has 0 N–H and O–H groups in total. The van der Waals surface area contributed by atoms with Crippen molar-refractivity contribution in [3.8, 4) is 0 Å². The van der Waals surface area contributed by atoms with Crippen molar-refractivity contribution in [2.45, 2.75) is 44.1 Å². The van der Waals surface area contributed by atoms with Gasteiger partial charge in [-0.2, -0.15) is 0 Å². The second-order valence-corrected chi connectivity index (χ2v) is 6.14. The topological polar surface area (TPSA) is 41.9 Å². The van der Waals surface area contributed by atoms with Crippen LogP contribution in [-0.2, 0) is 6.42 Å². The highest BCUT2D eigenvalue weighted by atomic mass is 15.2. The van der Waals surface area contributed by atoms with Crippen LogP contribution in [0.2, 0.25) is 0 Å². The second kappa shape index (κ2) is 4.77. The lowest BCUT2D eigenvalue weighted by Crippen LogP contribution is -2.38. The maximum absolute atomic E-state index is 4.68. The minimum Gasteiger partial charge on any atom is -0.298 e. The molecule has 0 atom stereocenters. The Hall–Kier alpha value is -1.55. The fraction of sp³-hybridized carbons (Fsp3) is 0.562. The van der Waals surface area contributed by atoms with Gasteiger partial charge in [-0.05, 0) is 51.3 Å². The van der Waals surface area contributed by atoms with E-state index in [1.54, 1.807) is 6.20 Å². The summed E-state index contributed by atoms with van der Waals surface area (Å²) in [7, 11) is 0. The molecule has 4 heterocycles. The van der Waals surface area contributed by atoms with Crippen LogP contribution in [0.3, 0.4) is 0 Å². The zero-order valence-electron chi connectivity index (χ0n) is 11.8. The Balaban J connectivity index is 1.53. The molecule has 0 saturated carbocycles. The summed E-state index contributed by atoms with van der Waals surface area (Å²) in [5.41, 5.74) is 1.48. The van der Waals surface area contributed by atoms with Crippen molar-refractivity contribution in [1.82, 2.24) is 19.9 Å². The van der Waals surface area contributed by atoms with Crippen LogP contribution in [0, 0.1) is 0 Å². The van der Waals surface area contributed by atoms with E-state index in [4.69, 9.17) is 0 Å². The number of pyridine rings is 1. The molecule has 0 aromatic carbocycles. The first kappa shape index (κ1) is 12.2. The summed E-state index contributed by atoms with van der Waals surface area (Å²) in [6, 6.07) is 1.97. The summed E-state index contributed by atoms with van der Waals surface area (Å²) in [6.07, 6.45) is 13.2. The number of rotatable bonds is 3. The van der Waals surface area contributed by atoms with Crippen LogP contribution in [0.4, 0.5) is 0 Å². The van der Waals surface area contributed by atoms with Gasteiger partial charge in [-0.1, -0.05) is 0 Å². The van der Waals surface area contributed by atoms with Crippen molar-refractivity contribution in [2.24, 2.45) is 0 Å². The number of hydrogen-bond donors (Lipinski definition) is 0. The number of aromatic nitrogens is 3. The fourth-order valence-corrected chi connectivity index (χ4v) is 4.01. The molecule has 0 radical (unpaired) electrons. The third kappa shape index (κ3) is 1.99. The first-order chi connectivity index (χ1) is 9.86. The summed E-state index contributed by atoms with van der Waals surface area (Å²) in [6.45, 7) is 2.59. The van der Waals surface area contributed by atoms with Crippen molar-refractivity contribution in [1.29, 1.82) is 0 Å². The van der Waals surface area contributed by atoms with Crippen LogP contribution < -0.4 is 0 Å². The average molecular weight is 268 g/mol. The van der Waals surface area contributed by atoms with Gasteiger partial charge >= 0.3 is 0 Å². The van der Waals surface area contributed by atoms with E-state index in [-0.39, 0.29) is 0 Å². The fourth-order valence-electron chi connectivity index (χ4n) is 4.01. The SMILES string of the molecule is c1cc2nc(CCC34CCCN3CCC4)ncc2cn1. The zero-order valence-corrected chi connectivity index (χ0v) is 11.8. The van der Waals surface area contributed by atoms with Crippen molar-refractivity contribution >= 4 is 10.9 Å². The van der Waals surface area contributed by atoms with Crippen LogP contribution in [0.5, 0.6) is 0 Å². The van der Waals surface area contributed by atoms with Gasteiger partial charge in [0.2, 0.25) is 0 Å². The van der Waals surface area contributed by atoms with E-state index in [0.29, 0.717) is 5.54 Å². The average Bonchev–Trinajstić information content (AvgIpc) is 3.04. The molecule has 0 unspecified atom stereocenters. The molecule has 0 spiro atoms. The Morgan fingerprint density at radius 3 is 2.85 bits per heavy atom. The number of fused-ring (bicyclic) bond motifs is 2. The van der Waals surface area contributed by atoms with Crippen molar-refractivity contribution < 1.29 is 0 Å². The summed E-state index contributed by atoms with van der Waals surface area (Å²) < 4.78 is 0. The van der Waals surface area contributed by atoms with E-state index in [0.717, 1.165) is 23.1 Å². The molecule has 0 bridgehead atoms. The molecule has 0 amide bonds. The van der Waals surface area contributed by atoms with Gasteiger partial charge in [0, 0.05) is 35.9 Å². The molecule has 4 heteroatoms. The highest BCUT2D eigenvalue weighted by molar-refractivity contribution is 5.75. The largest absolute Gasteiger partial charge is 0.298 e. The molecule has 20 heavy (non-hydrogen) atoms. The van der Waals surface area contributed by atoms with E-state index in [1.807, 2.05) is 18.5 Å². The van der Waals surface area contributed by atoms with Gasteiger partial charge in [-0.15, -0.1) is 0 Å². The van der Waals surface area contributed by atoms with Crippen LogP contribution in [0.1, 0.15) is 37.9 Å². The lowest BCUT2D eigenvalue weighted by molar-refractivity contribution is 0.182. The summed E-state index contributed by atoms with van der Waals surface area (Å²) in [4.78, 5) is 16.0. The third-order valence-corrected chi connectivity index (χ3v) is 5.06. The van der Waals surface area contributed by atoms with Crippen molar-refractivity contribution in [3.63, 3.8) is 0 Å². The van der Waals surface area contributed by atoms with E-state index in [1.165, 1.54) is 45.2 Å². The van der Waals surface area contributed by atoms with Crippen molar-refractivity contribution in [3.05, 3.63) is 30.5 Å². The Labute approximate surface area is 119 Å². The minimum atomic E-state index is 0.469. The summed E-state index contributed by atoms with van der Waals surface area (Å²) >= 11 is 0. The molecule has 2 aliphatic heterocycles. The Morgan fingerprint density at radius 2 is 2.00 bits per heavy atom. The molecular formula is C16H20N4. The molecule has 2 aliphatic rings. The Morgan fingerprint density at radius 1 is 1.15 bits per heavy atom. The predicted octanol–water partition coefficient (Wildman–Crippen LogP) is 2.59. The van der Waals surface area contributed by atoms with E-state index in [9.17, 15) is 0 Å². The molecule has 0 aliphatic carbocycles. The maximum Gasteiger partial charge on any atom is 0.129 e. The van der Waals surface area contributed by atoms with E-state index in [2.05, 4.69) is 19.9 Å². The lowest BCUT2D eigenvalue weighted by atomic mass is 9.89. The molecular weight excluding hydrogens is 248 g/mol. The molecule has 4 rings (SSSR count). The zero-order chi connectivity index (χ0) is 13.4. The van der Waals surface area contributed by atoms with Crippen LogP contribution in [-0.4, -0.2) is 38.5 Å². The van der Waals surface area contributed by atoms with E-state index >= 15 is 0 Å². The summed E-state index contributed by atoms with van der Waals surface area (Å²) in [5, 5.41) is 1.03. The number of nitrogens with zero attached hydrogens (tertiary/aromatic N) is 4. The highest BCUT2D eigenvalue weighted by Gasteiger charge is 2.43. The molecule has 2 aromatic rings. The van der Waals surface area contributed by atoms with Crippen LogP contribution in [0.15, 0.2) is 24.7 Å². The summed E-state index contributed by atoms with van der Waals surface area (Å²) in [5.74, 6) is 0.983. The Kier molecular flexibility index (Phi) is 2.91. The molecule has 4 nitrogen and oxygen atoms in total. The van der Waals surface area contributed by atoms with Gasteiger partial charge < -0.3 is 0 Å². The van der Waals surface area contributed by atoms with Gasteiger partial charge in [0.05, 0.1) is 5.52 Å². The third-order valence-electron chi connectivity index (χ3n) is 5.06. The minimum absolute atomic E-state index is 0.469. The second-order valence-electron chi connectivity index (χ2n) is 6.14. The van der Waals surface area contributed by atoms with Gasteiger partial charge in [-0.25, -0.2) is 9.97 Å².